The smallest absolute Gasteiger partial charge is 0.433 e. The van der Waals surface area contributed by atoms with Gasteiger partial charge in [0.2, 0.25) is 5.91 Å². The molecule has 0 radical (unpaired) electrons. The summed E-state index contributed by atoms with van der Waals surface area (Å²) in [6, 6.07) is 1.11. The van der Waals surface area contributed by atoms with Gasteiger partial charge in [0.15, 0.2) is 5.69 Å². The van der Waals surface area contributed by atoms with Gasteiger partial charge in [-0.05, 0) is 25.7 Å². The van der Waals surface area contributed by atoms with E-state index in [9.17, 15) is 36.6 Å². The summed E-state index contributed by atoms with van der Waals surface area (Å²) >= 11 is 6.14. The molecule has 1 N–H and O–H groups in total. The first-order valence-corrected chi connectivity index (χ1v) is 10.8. The number of aliphatic hydroxyl groups is 1. The number of hydrogen-bond acceptors (Lipinski definition) is 5. The van der Waals surface area contributed by atoms with Crippen LogP contribution in [0.3, 0.4) is 0 Å². The lowest BCUT2D eigenvalue weighted by Gasteiger charge is -2.41. The van der Waals surface area contributed by atoms with E-state index < -0.39 is 46.4 Å². The maximum atomic E-state index is 13.5. The van der Waals surface area contributed by atoms with Crippen molar-refractivity contribution in [2.24, 2.45) is 0 Å². The Kier molecular flexibility index (Phi) is 6.60. The predicted molar refractivity (Wildman–Crippen MR) is 108 cm³/mol. The van der Waals surface area contributed by atoms with E-state index in [0.29, 0.717) is 36.3 Å². The largest absolute Gasteiger partial charge is 0.435 e. The number of halogens is 6. The van der Waals surface area contributed by atoms with E-state index in [1.54, 1.807) is 4.90 Å². The van der Waals surface area contributed by atoms with Crippen molar-refractivity contribution in [2.45, 2.75) is 50.6 Å². The molecule has 1 aliphatic heterocycles. The molecule has 2 fully saturated rings. The fourth-order valence-corrected chi connectivity index (χ4v) is 4.62. The SMILES string of the molecule is O=C(c1nn2c(C(F)(F)F)cc(OC(F)F)cc2c1Cl)N1CCN([C@H]2CC[C@H](O)CC2)C(=O)C1. The molecule has 3 heterocycles. The summed E-state index contributed by atoms with van der Waals surface area (Å²) in [4.78, 5) is 28.5. The molecule has 4 rings (SSSR count). The second kappa shape index (κ2) is 9.17. The standard InChI is InChI=1S/C20H20ClF5N4O4/c21-16-13-7-12(34-19(22)23)8-14(20(24,25)26)30(13)27-17(16)18(33)28-5-6-29(15(32)9-28)10-1-3-11(31)4-2-10/h7-8,10-11,19,31H,1-6,9H2/t10-,11-. The summed E-state index contributed by atoms with van der Waals surface area (Å²) in [7, 11) is 0. The van der Waals surface area contributed by atoms with Crippen molar-refractivity contribution in [1.29, 1.82) is 0 Å². The van der Waals surface area contributed by atoms with E-state index in [1.165, 1.54) is 0 Å². The molecule has 2 amide bonds. The van der Waals surface area contributed by atoms with E-state index in [1.807, 2.05) is 0 Å². The quantitative estimate of drug-likeness (QED) is 0.638. The lowest BCUT2D eigenvalue weighted by Crippen LogP contribution is -2.56. The summed E-state index contributed by atoms with van der Waals surface area (Å²) in [5.74, 6) is -1.98. The van der Waals surface area contributed by atoms with Crippen molar-refractivity contribution in [3.8, 4) is 5.75 Å². The number of nitrogens with zero attached hydrogens (tertiary/aromatic N) is 4. The van der Waals surface area contributed by atoms with Crippen molar-refractivity contribution in [1.82, 2.24) is 19.4 Å². The van der Waals surface area contributed by atoms with Gasteiger partial charge in [-0.25, -0.2) is 4.52 Å². The third-order valence-corrected chi connectivity index (χ3v) is 6.39. The molecule has 34 heavy (non-hydrogen) atoms. The first kappa shape index (κ1) is 24.5. The van der Waals surface area contributed by atoms with Gasteiger partial charge in [0, 0.05) is 31.3 Å². The number of aromatic nitrogens is 2. The van der Waals surface area contributed by atoms with Gasteiger partial charge in [0.1, 0.15) is 18.0 Å². The molecule has 0 aromatic carbocycles. The summed E-state index contributed by atoms with van der Waals surface area (Å²) in [6.45, 7) is -3.36. The minimum absolute atomic E-state index is 0.0467. The second-order valence-electron chi connectivity index (χ2n) is 8.19. The Morgan fingerprint density at radius 1 is 1.18 bits per heavy atom. The van der Waals surface area contributed by atoms with Crippen molar-refractivity contribution in [3.63, 3.8) is 0 Å². The zero-order valence-electron chi connectivity index (χ0n) is 17.6. The molecular weight excluding hydrogens is 491 g/mol. The number of rotatable bonds is 4. The predicted octanol–water partition coefficient (Wildman–Crippen LogP) is 3.20. The van der Waals surface area contributed by atoms with E-state index in [0.717, 1.165) is 11.0 Å². The average molecular weight is 511 g/mol. The van der Waals surface area contributed by atoms with Crippen LogP contribution < -0.4 is 4.74 Å². The molecule has 14 heteroatoms. The molecule has 0 unspecified atom stereocenters. The van der Waals surface area contributed by atoms with Gasteiger partial charge < -0.3 is 19.6 Å². The number of aliphatic hydroxyl groups excluding tert-OH is 1. The van der Waals surface area contributed by atoms with Crippen molar-refractivity contribution >= 4 is 28.9 Å². The fourth-order valence-electron chi connectivity index (χ4n) is 4.37. The minimum atomic E-state index is -5.01. The molecule has 0 atom stereocenters. The molecule has 8 nitrogen and oxygen atoms in total. The summed E-state index contributed by atoms with van der Waals surface area (Å²) in [6.07, 6.45) is -2.96. The van der Waals surface area contributed by atoms with Crippen molar-refractivity contribution in [2.75, 3.05) is 19.6 Å². The number of hydrogen-bond donors (Lipinski definition) is 1. The number of amides is 2. The van der Waals surface area contributed by atoms with Crippen molar-refractivity contribution in [3.05, 3.63) is 28.5 Å². The van der Waals surface area contributed by atoms with Gasteiger partial charge in [-0.1, -0.05) is 11.6 Å². The molecule has 0 bridgehead atoms. The lowest BCUT2D eigenvalue weighted by atomic mass is 9.91. The molecule has 1 saturated carbocycles. The minimum Gasteiger partial charge on any atom is -0.435 e. The first-order chi connectivity index (χ1) is 16.0. The zero-order chi connectivity index (χ0) is 24.8. The zero-order valence-corrected chi connectivity index (χ0v) is 18.3. The van der Waals surface area contributed by atoms with E-state index in [2.05, 4.69) is 9.84 Å². The molecular formula is C20H20ClF5N4O4. The Labute approximate surface area is 194 Å². The van der Waals surface area contributed by atoms with Gasteiger partial charge in [-0.15, -0.1) is 0 Å². The van der Waals surface area contributed by atoms with Gasteiger partial charge in [-0.3, -0.25) is 9.59 Å². The van der Waals surface area contributed by atoms with Crippen LogP contribution in [-0.2, 0) is 11.0 Å². The normalized spacial score (nSPS) is 22.1. The second-order valence-corrected chi connectivity index (χ2v) is 8.57. The van der Waals surface area contributed by atoms with Crippen LogP contribution >= 0.6 is 11.6 Å². The third-order valence-electron chi connectivity index (χ3n) is 6.02. The Bertz CT molecular complexity index is 1100. The van der Waals surface area contributed by atoms with Crippen molar-refractivity contribution < 1.29 is 41.4 Å². The number of piperazine rings is 1. The van der Waals surface area contributed by atoms with Crippen LogP contribution in [0.1, 0.15) is 41.9 Å². The molecule has 1 aliphatic carbocycles. The molecule has 2 aliphatic rings. The third kappa shape index (κ3) is 4.76. The maximum absolute atomic E-state index is 13.5. The van der Waals surface area contributed by atoms with Gasteiger partial charge >= 0.3 is 12.8 Å². The molecule has 2 aromatic heterocycles. The summed E-state index contributed by atoms with van der Waals surface area (Å²) in [5, 5.41) is 12.9. The number of alkyl halides is 5. The van der Waals surface area contributed by atoms with Crippen LogP contribution in [0.4, 0.5) is 22.0 Å². The van der Waals surface area contributed by atoms with Crippen LogP contribution in [-0.4, -0.2) is 74.7 Å². The lowest BCUT2D eigenvalue weighted by molar-refractivity contribution is -0.143. The number of fused-ring (bicyclic) bond motifs is 1. The Morgan fingerprint density at radius 3 is 2.44 bits per heavy atom. The average Bonchev–Trinajstić information content (AvgIpc) is 3.08. The first-order valence-electron chi connectivity index (χ1n) is 10.5. The number of ether oxygens (including phenoxy) is 1. The highest BCUT2D eigenvalue weighted by Gasteiger charge is 2.38. The molecule has 0 spiro atoms. The van der Waals surface area contributed by atoms with Crippen LogP contribution in [0, 0.1) is 0 Å². The van der Waals surface area contributed by atoms with E-state index in [-0.39, 0.29) is 37.7 Å². The molecule has 2 aromatic rings. The maximum Gasteiger partial charge on any atom is 0.433 e. The molecule has 186 valence electrons. The summed E-state index contributed by atoms with van der Waals surface area (Å²) in [5.41, 5.74) is -2.44. The summed E-state index contributed by atoms with van der Waals surface area (Å²) < 4.78 is 70.2. The van der Waals surface area contributed by atoms with Gasteiger partial charge in [0.05, 0.1) is 16.6 Å². The monoisotopic (exact) mass is 510 g/mol. The van der Waals surface area contributed by atoms with Crippen LogP contribution in [0.15, 0.2) is 12.1 Å². The fraction of sp³-hybridized carbons (Fsp3) is 0.550. The van der Waals surface area contributed by atoms with Crippen LogP contribution in [0.2, 0.25) is 5.02 Å². The highest BCUT2D eigenvalue weighted by molar-refractivity contribution is 6.36. The number of pyridine rings is 1. The number of carbonyl (C=O) groups is 2. The van der Waals surface area contributed by atoms with Gasteiger partial charge in [-0.2, -0.15) is 27.1 Å². The number of carbonyl (C=O) groups excluding carboxylic acids is 2. The Balaban J connectivity index is 1.59. The van der Waals surface area contributed by atoms with Crippen LogP contribution in [0.5, 0.6) is 5.75 Å². The van der Waals surface area contributed by atoms with E-state index >= 15 is 0 Å². The highest BCUT2D eigenvalue weighted by Crippen LogP contribution is 2.36. The van der Waals surface area contributed by atoms with E-state index in [4.69, 9.17) is 11.6 Å². The Hall–Kier alpha value is -2.67. The Morgan fingerprint density at radius 2 is 1.85 bits per heavy atom. The highest BCUT2D eigenvalue weighted by atomic mass is 35.5. The molecule has 1 saturated heterocycles. The topological polar surface area (TPSA) is 87.4 Å². The van der Waals surface area contributed by atoms with Crippen LogP contribution in [0.25, 0.3) is 5.52 Å². The van der Waals surface area contributed by atoms with Gasteiger partial charge in [0.25, 0.3) is 5.91 Å².